The molecule has 3 rings (SSSR count). The minimum absolute atomic E-state index is 0.189. The van der Waals surface area contributed by atoms with Crippen molar-refractivity contribution < 1.29 is 0 Å². The Bertz CT molecular complexity index is 541. The molecule has 1 aliphatic rings. The zero-order valence-corrected chi connectivity index (χ0v) is 11.0. The molecule has 1 aliphatic carbocycles. The normalized spacial score (nSPS) is 25.4. The molecule has 1 nitrogen and oxygen atoms in total. The molecular weight excluding hydrogens is 218 g/mol. The first-order chi connectivity index (χ1) is 8.77. The number of nitrogens with two attached hydrogens (primary N) is 1. The Balaban J connectivity index is 2.03. The average molecular weight is 239 g/mol. The zero-order chi connectivity index (χ0) is 12.5. The van der Waals surface area contributed by atoms with Gasteiger partial charge in [-0.15, -0.1) is 0 Å². The highest BCUT2D eigenvalue weighted by molar-refractivity contribution is 5.86. The Kier molecular flexibility index (Phi) is 3.09. The molecule has 0 spiro atoms. The van der Waals surface area contributed by atoms with Gasteiger partial charge in [-0.2, -0.15) is 0 Å². The summed E-state index contributed by atoms with van der Waals surface area (Å²) < 4.78 is 0. The standard InChI is InChI=1S/C17H21N/c1-12-6-4-10-14(12)17(18)16-11-5-8-13-7-2-3-9-15(13)16/h2-3,5,7-9,11-12,14,17H,4,6,10,18H2,1H3. The smallest absolute Gasteiger partial charge is 0.0332 e. The maximum atomic E-state index is 6.56. The Hall–Kier alpha value is -1.34. The van der Waals surface area contributed by atoms with E-state index in [1.807, 2.05) is 0 Å². The molecule has 1 fully saturated rings. The number of rotatable bonds is 2. The third-order valence-electron chi connectivity index (χ3n) is 4.57. The van der Waals surface area contributed by atoms with E-state index in [1.165, 1.54) is 35.6 Å². The average Bonchev–Trinajstić information content (AvgIpc) is 2.83. The summed E-state index contributed by atoms with van der Waals surface area (Å²) in [6, 6.07) is 15.3. The molecule has 0 bridgehead atoms. The molecule has 0 aromatic heterocycles. The van der Waals surface area contributed by atoms with Crippen molar-refractivity contribution in [3.63, 3.8) is 0 Å². The van der Waals surface area contributed by atoms with Crippen LogP contribution in [-0.2, 0) is 0 Å². The van der Waals surface area contributed by atoms with Crippen molar-refractivity contribution in [1.29, 1.82) is 0 Å². The third-order valence-corrected chi connectivity index (χ3v) is 4.57. The molecule has 0 heterocycles. The van der Waals surface area contributed by atoms with E-state index in [4.69, 9.17) is 5.73 Å². The van der Waals surface area contributed by atoms with Crippen molar-refractivity contribution in [1.82, 2.24) is 0 Å². The maximum absolute atomic E-state index is 6.56. The molecule has 3 atom stereocenters. The first-order valence-electron chi connectivity index (χ1n) is 7.00. The lowest BCUT2D eigenvalue weighted by Crippen LogP contribution is -2.23. The van der Waals surface area contributed by atoms with Gasteiger partial charge in [0.25, 0.3) is 0 Å². The van der Waals surface area contributed by atoms with Gasteiger partial charge in [-0.1, -0.05) is 62.2 Å². The van der Waals surface area contributed by atoms with Crippen LogP contribution < -0.4 is 5.73 Å². The van der Waals surface area contributed by atoms with Crippen LogP contribution in [0.2, 0.25) is 0 Å². The molecule has 3 unspecified atom stereocenters. The summed E-state index contributed by atoms with van der Waals surface area (Å²) >= 11 is 0. The summed E-state index contributed by atoms with van der Waals surface area (Å²) in [7, 11) is 0. The highest BCUT2D eigenvalue weighted by atomic mass is 14.7. The third kappa shape index (κ3) is 1.93. The second kappa shape index (κ2) is 4.74. The van der Waals surface area contributed by atoms with E-state index in [1.54, 1.807) is 0 Å². The lowest BCUT2D eigenvalue weighted by Gasteiger charge is -2.24. The molecule has 2 N–H and O–H groups in total. The van der Waals surface area contributed by atoms with Gasteiger partial charge in [-0.25, -0.2) is 0 Å². The molecule has 94 valence electrons. The first-order valence-corrected chi connectivity index (χ1v) is 7.00. The van der Waals surface area contributed by atoms with Crippen LogP contribution in [0, 0.1) is 11.8 Å². The monoisotopic (exact) mass is 239 g/mol. The second-order valence-corrected chi connectivity index (χ2v) is 5.67. The molecule has 0 amide bonds. The number of hydrogen-bond acceptors (Lipinski definition) is 1. The van der Waals surface area contributed by atoms with Crippen LogP contribution in [0.25, 0.3) is 10.8 Å². The predicted octanol–water partition coefficient (Wildman–Crippen LogP) is 4.28. The van der Waals surface area contributed by atoms with Crippen LogP contribution in [0.15, 0.2) is 42.5 Å². The van der Waals surface area contributed by atoms with Crippen molar-refractivity contribution in [2.45, 2.75) is 32.2 Å². The minimum Gasteiger partial charge on any atom is -0.324 e. The van der Waals surface area contributed by atoms with Crippen molar-refractivity contribution >= 4 is 10.8 Å². The van der Waals surface area contributed by atoms with Crippen molar-refractivity contribution in [2.75, 3.05) is 0 Å². The van der Waals surface area contributed by atoms with Gasteiger partial charge >= 0.3 is 0 Å². The molecule has 0 saturated heterocycles. The molecule has 1 saturated carbocycles. The summed E-state index contributed by atoms with van der Waals surface area (Å²) in [4.78, 5) is 0. The van der Waals surface area contributed by atoms with Gasteiger partial charge in [0.2, 0.25) is 0 Å². The SMILES string of the molecule is CC1CCCC1C(N)c1cccc2ccccc12. The summed E-state index contributed by atoms with van der Waals surface area (Å²) in [5.41, 5.74) is 7.88. The lowest BCUT2D eigenvalue weighted by molar-refractivity contribution is 0.352. The fourth-order valence-corrected chi connectivity index (χ4v) is 3.48. The summed E-state index contributed by atoms with van der Waals surface area (Å²) in [5, 5.41) is 2.63. The van der Waals surface area contributed by atoms with E-state index >= 15 is 0 Å². The fourth-order valence-electron chi connectivity index (χ4n) is 3.48. The van der Waals surface area contributed by atoms with Crippen molar-refractivity contribution in [3.05, 3.63) is 48.0 Å². The topological polar surface area (TPSA) is 26.0 Å². The van der Waals surface area contributed by atoms with Crippen LogP contribution in [0.5, 0.6) is 0 Å². The van der Waals surface area contributed by atoms with Crippen LogP contribution in [0.3, 0.4) is 0 Å². The number of fused-ring (bicyclic) bond motifs is 1. The van der Waals surface area contributed by atoms with Gasteiger partial charge in [0.05, 0.1) is 0 Å². The predicted molar refractivity (Wildman–Crippen MR) is 77.4 cm³/mol. The van der Waals surface area contributed by atoms with Crippen LogP contribution in [0.1, 0.15) is 37.8 Å². The first kappa shape index (κ1) is 11.7. The summed E-state index contributed by atoms with van der Waals surface area (Å²) in [5.74, 6) is 1.41. The molecule has 1 heteroatoms. The largest absolute Gasteiger partial charge is 0.324 e. The zero-order valence-electron chi connectivity index (χ0n) is 11.0. The van der Waals surface area contributed by atoms with E-state index in [0.717, 1.165) is 5.92 Å². The van der Waals surface area contributed by atoms with Crippen molar-refractivity contribution in [2.24, 2.45) is 17.6 Å². The van der Waals surface area contributed by atoms with E-state index in [0.29, 0.717) is 5.92 Å². The summed E-state index contributed by atoms with van der Waals surface area (Å²) in [6.45, 7) is 2.35. The fraction of sp³-hybridized carbons (Fsp3) is 0.412. The second-order valence-electron chi connectivity index (χ2n) is 5.67. The van der Waals surface area contributed by atoms with Crippen molar-refractivity contribution in [3.8, 4) is 0 Å². The van der Waals surface area contributed by atoms with E-state index < -0.39 is 0 Å². The van der Waals surface area contributed by atoms with Gasteiger partial charge in [-0.05, 0) is 34.6 Å². The molecular formula is C17H21N. The Morgan fingerprint density at radius 3 is 2.61 bits per heavy atom. The lowest BCUT2D eigenvalue weighted by atomic mass is 9.85. The molecule has 0 aliphatic heterocycles. The van der Waals surface area contributed by atoms with E-state index in [9.17, 15) is 0 Å². The minimum atomic E-state index is 0.189. The van der Waals surface area contributed by atoms with Gasteiger partial charge < -0.3 is 5.73 Å². The van der Waals surface area contributed by atoms with Gasteiger partial charge in [0.1, 0.15) is 0 Å². The Morgan fingerprint density at radius 1 is 1.06 bits per heavy atom. The van der Waals surface area contributed by atoms with Crippen LogP contribution in [-0.4, -0.2) is 0 Å². The number of hydrogen-bond donors (Lipinski definition) is 1. The maximum Gasteiger partial charge on any atom is 0.0332 e. The van der Waals surface area contributed by atoms with Crippen LogP contribution in [0.4, 0.5) is 0 Å². The Labute approximate surface area is 109 Å². The summed E-state index contributed by atoms with van der Waals surface area (Å²) in [6.07, 6.45) is 3.96. The Morgan fingerprint density at radius 2 is 1.83 bits per heavy atom. The number of benzene rings is 2. The molecule has 18 heavy (non-hydrogen) atoms. The quantitative estimate of drug-likeness (QED) is 0.832. The van der Waals surface area contributed by atoms with E-state index in [-0.39, 0.29) is 6.04 Å². The molecule has 2 aromatic rings. The van der Waals surface area contributed by atoms with Gasteiger partial charge in [0, 0.05) is 6.04 Å². The van der Waals surface area contributed by atoms with Gasteiger partial charge in [0.15, 0.2) is 0 Å². The molecule has 2 aromatic carbocycles. The molecule has 0 radical (unpaired) electrons. The highest BCUT2D eigenvalue weighted by Gasteiger charge is 2.30. The van der Waals surface area contributed by atoms with E-state index in [2.05, 4.69) is 49.4 Å². The van der Waals surface area contributed by atoms with Gasteiger partial charge in [-0.3, -0.25) is 0 Å². The van der Waals surface area contributed by atoms with Crippen LogP contribution >= 0.6 is 0 Å². The highest BCUT2D eigenvalue weighted by Crippen LogP contribution is 2.40.